The van der Waals surface area contributed by atoms with Crippen LogP contribution in [0, 0.1) is 6.92 Å². The molecule has 3 N–H and O–H groups in total. The van der Waals surface area contributed by atoms with Crippen LogP contribution in [0.25, 0.3) is 0 Å². The van der Waals surface area contributed by atoms with Crippen LogP contribution >= 0.6 is 11.6 Å². The molecule has 27 heavy (non-hydrogen) atoms. The Kier molecular flexibility index (Phi) is 7.82. The molecule has 0 aromatic heterocycles. The Morgan fingerprint density at radius 1 is 1.11 bits per heavy atom. The van der Waals surface area contributed by atoms with Gasteiger partial charge in [0.15, 0.2) is 6.54 Å². The lowest BCUT2D eigenvalue weighted by atomic mass is 10.1. The molecule has 2 aromatic rings. The average molecular weight is 389 g/mol. The van der Waals surface area contributed by atoms with Crippen LogP contribution in [-0.4, -0.2) is 32.0 Å². The summed E-state index contributed by atoms with van der Waals surface area (Å²) in [6.45, 7) is 5.79. The normalized spacial score (nSPS) is 11.7. The Morgan fingerprint density at radius 2 is 1.81 bits per heavy atom. The molecule has 0 saturated carbocycles. The van der Waals surface area contributed by atoms with Crippen LogP contribution < -0.4 is 15.5 Å². The summed E-state index contributed by atoms with van der Waals surface area (Å²) in [6.07, 6.45) is 0.934. The number of quaternary nitrogens is 1. The quantitative estimate of drug-likeness (QED) is 0.650. The zero-order valence-corrected chi connectivity index (χ0v) is 16.8. The van der Waals surface area contributed by atoms with E-state index in [1.165, 1.54) is 0 Å². The van der Waals surface area contributed by atoms with Crippen LogP contribution in [0.15, 0.2) is 42.5 Å². The number of aryl methyl sites for hydroxylation is 1. The van der Waals surface area contributed by atoms with Crippen molar-refractivity contribution >= 4 is 29.1 Å². The first-order valence-electron chi connectivity index (χ1n) is 9.13. The Morgan fingerprint density at radius 3 is 2.44 bits per heavy atom. The number of rotatable bonds is 8. The van der Waals surface area contributed by atoms with Crippen molar-refractivity contribution in [1.82, 2.24) is 5.32 Å². The predicted octanol–water partition coefficient (Wildman–Crippen LogP) is 2.44. The van der Waals surface area contributed by atoms with Gasteiger partial charge in [0.1, 0.15) is 6.54 Å². The van der Waals surface area contributed by atoms with Gasteiger partial charge in [0, 0.05) is 28.4 Å². The molecule has 0 bridgehead atoms. The van der Waals surface area contributed by atoms with Crippen molar-refractivity contribution in [1.29, 1.82) is 0 Å². The lowest BCUT2D eigenvalue weighted by Crippen LogP contribution is -3.08. The van der Waals surface area contributed by atoms with Crippen LogP contribution in [0.1, 0.15) is 34.8 Å². The molecule has 0 aliphatic rings. The molecule has 2 rings (SSSR count). The van der Waals surface area contributed by atoms with E-state index < -0.39 is 0 Å². The molecule has 0 aliphatic heterocycles. The van der Waals surface area contributed by atoms with Crippen molar-refractivity contribution in [2.45, 2.75) is 26.8 Å². The van der Waals surface area contributed by atoms with E-state index in [-0.39, 0.29) is 11.8 Å². The minimum atomic E-state index is -0.164. The minimum Gasteiger partial charge on any atom is -0.351 e. The van der Waals surface area contributed by atoms with Gasteiger partial charge in [0.05, 0.1) is 7.05 Å². The fourth-order valence-electron chi connectivity index (χ4n) is 2.71. The van der Waals surface area contributed by atoms with Gasteiger partial charge in [-0.3, -0.25) is 9.59 Å². The van der Waals surface area contributed by atoms with Gasteiger partial charge in [0.25, 0.3) is 11.8 Å². The third-order valence-corrected chi connectivity index (χ3v) is 4.60. The molecule has 0 saturated heterocycles. The first kappa shape index (κ1) is 20.9. The number of hydrogen-bond acceptors (Lipinski definition) is 2. The molecule has 2 amide bonds. The Labute approximate surface area is 165 Å². The molecule has 144 valence electrons. The molecular weight excluding hydrogens is 362 g/mol. The Hall–Kier alpha value is -2.37. The molecule has 0 radical (unpaired) electrons. The summed E-state index contributed by atoms with van der Waals surface area (Å²) >= 11 is 6.01. The molecule has 0 aliphatic carbocycles. The highest BCUT2D eigenvalue weighted by Crippen LogP contribution is 2.20. The fourth-order valence-corrected chi connectivity index (χ4v) is 2.83. The van der Waals surface area contributed by atoms with Crippen molar-refractivity contribution in [2.24, 2.45) is 0 Å². The summed E-state index contributed by atoms with van der Waals surface area (Å²) in [5.41, 5.74) is 3.30. The summed E-state index contributed by atoms with van der Waals surface area (Å²) in [7, 11) is 1.98. The number of nitrogens with one attached hydrogen (secondary N) is 3. The molecule has 2 aromatic carbocycles. The number of amides is 2. The second-order valence-corrected chi connectivity index (χ2v) is 7.18. The van der Waals surface area contributed by atoms with Gasteiger partial charge in [-0.25, -0.2) is 0 Å². The van der Waals surface area contributed by atoms with Crippen molar-refractivity contribution < 1.29 is 14.5 Å². The molecule has 0 heterocycles. The number of benzene rings is 2. The highest BCUT2D eigenvalue weighted by molar-refractivity contribution is 6.31. The van der Waals surface area contributed by atoms with Crippen LogP contribution in [0.3, 0.4) is 0 Å². The smallest absolute Gasteiger partial charge is 0.275 e. The maximum Gasteiger partial charge on any atom is 0.275 e. The van der Waals surface area contributed by atoms with Crippen LogP contribution in [0.5, 0.6) is 0 Å². The van der Waals surface area contributed by atoms with E-state index in [1.807, 2.05) is 39.1 Å². The molecule has 5 nitrogen and oxygen atoms in total. The van der Waals surface area contributed by atoms with E-state index in [4.69, 9.17) is 11.6 Å². The first-order valence-corrected chi connectivity index (χ1v) is 9.51. The standard InChI is InChI=1S/C21H26ClN3O2/c1-4-11-23-20(26)14-25(3)13-16-5-7-17(8-6-16)21(27)24-18-9-10-19(22)15(2)12-18/h5-10,12H,4,11,13-14H2,1-3H3,(H,23,26)(H,24,27)/p+1. The number of carbonyl (C=O) groups excluding carboxylic acids is 2. The number of likely N-dealkylation sites (N-methyl/N-ethyl adjacent to an activating group) is 1. The van der Waals surface area contributed by atoms with Gasteiger partial charge in [-0.2, -0.15) is 0 Å². The SMILES string of the molecule is CCCNC(=O)C[NH+](C)Cc1ccc(C(=O)Nc2ccc(Cl)c(C)c2)cc1. The summed E-state index contributed by atoms with van der Waals surface area (Å²) in [5, 5.41) is 6.43. The Bertz CT molecular complexity index is 791. The van der Waals surface area contributed by atoms with Gasteiger partial charge >= 0.3 is 0 Å². The molecule has 6 heteroatoms. The van der Waals surface area contributed by atoms with E-state index >= 15 is 0 Å². The van der Waals surface area contributed by atoms with E-state index in [1.54, 1.807) is 24.3 Å². The zero-order chi connectivity index (χ0) is 19.8. The van der Waals surface area contributed by atoms with Crippen LogP contribution in [-0.2, 0) is 11.3 Å². The molecule has 1 unspecified atom stereocenters. The Balaban J connectivity index is 1.90. The number of anilines is 1. The predicted molar refractivity (Wildman–Crippen MR) is 109 cm³/mol. The third-order valence-electron chi connectivity index (χ3n) is 4.17. The van der Waals surface area contributed by atoms with Crippen LogP contribution in [0.2, 0.25) is 5.02 Å². The first-order chi connectivity index (χ1) is 12.9. The topological polar surface area (TPSA) is 62.6 Å². The van der Waals surface area contributed by atoms with Gasteiger partial charge in [-0.15, -0.1) is 0 Å². The van der Waals surface area contributed by atoms with Crippen molar-refractivity contribution in [3.05, 3.63) is 64.2 Å². The fraction of sp³-hybridized carbons (Fsp3) is 0.333. The molecule has 0 fully saturated rings. The summed E-state index contributed by atoms with van der Waals surface area (Å²) in [5.74, 6) is -0.105. The van der Waals surface area contributed by atoms with Crippen molar-refractivity contribution in [3.8, 4) is 0 Å². The lowest BCUT2D eigenvalue weighted by Gasteiger charge is -2.14. The second-order valence-electron chi connectivity index (χ2n) is 6.78. The summed E-state index contributed by atoms with van der Waals surface area (Å²) < 4.78 is 0. The number of hydrogen-bond donors (Lipinski definition) is 3. The van der Waals surface area contributed by atoms with Crippen molar-refractivity contribution in [3.63, 3.8) is 0 Å². The van der Waals surface area contributed by atoms with Gasteiger partial charge in [-0.1, -0.05) is 30.7 Å². The van der Waals surface area contributed by atoms with E-state index in [0.717, 1.165) is 29.0 Å². The van der Waals surface area contributed by atoms with E-state index in [9.17, 15) is 9.59 Å². The zero-order valence-electron chi connectivity index (χ0n) is 16.1. The monoisotopic (exact) mass is 388 g/mol. The average Bonchev–Trinajstić information content (AvgIpc) is 2.63. The minimum absolute atomic E-state index is 0.0589. The highest BCUT2D eigenvalue weighted by Gasteiger charge is 2.11. The molecule has 0 spiro atoms. The van der Waals surface area contributed by atoms with Crippen LogP contribution in [0.4, 0.5) is 5.69 Å². The summed E-state index contributed by atoms with van der Waals surface area (Å²) in [4.78, 5) is 25.3. The number of halogens is 1. The van der Waals surface area contributed by atoms with Gasteiger partial charge in [0.2, 0.25) is 0 Å². The third kappa shape index (κ3) is 6.70. The summed E-state index contributed by atoms with van der Waals surface area (Å²) in [6, 6.07) is 12.9. The van der Waals surface area contributed by atoms with Crippen molar-refractivity contribution in [2.75, 3.05) is 25.5 Å². The highest BCUT2D eigenvalue weighted by atomic mass is 35.5. The van der Waals surface area contributed by atoms with E-state index in [2.05, 4.69) is 10.6 Å². The molecule has 1 atom stereocenters. The van der Waals surface area contributed by atoms with Gasteiger partial charge < -0.3 is 15.5 Å². The largest absolute Gasteiger partial charge is 0.351 e. The van der Waals surface area contributed by atoms with E-state index in [0.29, 0.717) is 29.4 Å². The second kappa shape index (κ2) is 10.1. The maximum atomic E-state index is 12.4. The molecular formula is C21H27ClN3O2+. The number of carbonyl (C=O) groups is 2. The maximum absolute atomic E-state index is 12.4. The lowest BCUT2D eigenvalue weighted by molar-refractivity contribution is -0.885. The van der Waals surface area contributed by atoms with Gasteiger partial charge in [-0.05, 0) is 49.2 Å².